The van der Waals surface area contributed by atoms with E-state index in [-0.39, 0.29) is 18.0 Å². The molecule has 0 spiro atoms. The molecule has 0 saturated heterocycles. The van der Waals surface area contributed by atoms with Crippen LogP contribution in [-0.2, 0) is 13.0 Å². The third-order valence-electron chi connectivity index (χ3n) is 3.15. The summed E-state index contributed by atoms with van der Waals surface area (Å²) < 4.78 is 14.4. The monoisotopic (exact) mass is 352 g/mol. The summed E-state index contributed by atoms with van der Waals surface area (Å²) in [7, 11) is 0. The number of nitro groups is 1. The zero-order chi connectivity index (χ0) is 15.4. The van der Waals surface area contributed by atoms with Gasteiger partial charge in [0.05, 0.1) is 4.92 Å². The predicted molar refractivity (Wildman–Crippen MR) is 83.9 cm³/mol. The number of anilines is 1. The zero-order valence-electron chi connectivity index (χ0n) is 11.4. The molecule has 0 atom stereocenters. The summed E-state index contributed by atoms with van der Waals surface area (Å²) in [5.41, 5.74) is 1.85. The number of nitrogens with one attached hydrogen (secondary N) is 1. The van der Waals surface area contributed by atoms with Gasteiger partial charge in [0.15, 0.2) is 0 Å². The number of halogens is 2. The molecule has 6 heteroatoms. The second kappa shape index (κ2) is 6.67. The highest BCUT2D eigenvalue weighted by Gasteiger charge is 2.13. The van der Waals surface area contributed by atoms with Crippen molar-refractivity contribution in [2.75, 3.05) is 5.32 Å². The van der Waals surface area contributed by atoms with Crippen molar-refractivity contribution < 1.29 is 9.31 Å². The lowest BCUT2D eigenvalue weighted by Crippen LogP contribution is -2.03. The molecule has 0 radical (unpaired) electrons. The number of hydrogen-bond acceptors (Lipinski definition) is 3. The number of nitrogens with zero attached hydrogens (tertiary/aromatic N) is 1. The molecular formula is C15H14BrFN2O2. The van der Waals surface area contributed by atoms with Crippen LogP contribution < -0.4 is 5.32 Å². The number of benzene rings is 2. The van der Waals surface area contributed by atoms with Gasteiger partial charge in [-0.15, -0.1) is 0 Å². The van der Waals surface area contributed by atoms with Crippen molar-refractivity contribution in [3.8, 4) is 0 Å². The van der Waals surface area contributed by atoms with Gasteiger partial charge >= 0.3 is 0 Å². The van der Waals surface area contributed by atoms with E-state index in [1.165, 1.54) is 12.1 Å². The average molecular weight is 353 g/mol. The molecule has 2 aromatic rings. The van der Waals surface area contributed by atoms with Crippen LogP contribution in [0.15, 0.2) is 40.9 Å². The quantitative estimate of drug-likeness (QED) is 0.628. The minimum Gasteiger partial charge on any atom is -0.381 e. The lowest BCUT2D eigenvalue weighted by Gasteiger charge is -2.09. The van der Waals surface area contributed by atoms with E-state index in [0.717, 1.165) is 4.47 Å². The van der Waals surface area contributed by atoms with Gasteiger partial charge in [-0.2, -0.15) is 0 Å². The third kappa shape index (κ3) is 3.78. The Morgan fingerprint density at radius 1 is 1.24 bits per heavy atom. The van der Waals surface area contributed by atoms with Crippen LogP contribution in [0.25, 0.3) is 0 Å². The molecule has 0 aliphatic heterocycles. The van der Waals surface area contributed by atoms with E-state index < -0.39 is 4.92 Å². The number of hydrogen-bond donors (Lipinski definition) is 1. The molecule has 0 aromatic heterocycles. The second-order valence-electron chi connectivity index (χ2n) is 4.54. The number of rotatable bonds is 5. The normalized spacial score (nSPS) is 10.4. The van der Waals surface area contributed by atoms with Crippen molar-refractivity contribution in [3.05, 3.63) is 67.9 Å². The van der Waals surface area contributed by atoms with Gasteiger partial charge in [0.2, 0.25) is 0 Å². The maximum Gasteiger partial charge on any atom is 0.274 e. The fraction of sp³-hybridized carbons (Fsp3) is 0.200. The van der Waals surface area contributed by atoms with Gasteiger partial charge in [-0.1, -0.05) is 28.9 Å². The number of nitro benzene ring substituents is 1. The Bertz CT molecular complexity index is 677. The highest BCUT2D eigenvalue weighted by Crippen LogP contribution is 2.24. The molecule has 110 valence electrons. The van der Waals surface area contributed by atoms with Gasteiger partial charge < -0.3 is 5.32 Å². The SMILES string of the molecule is CCc1ccc(NCc2cc(Br)ccc2F)cc1[N+](=O)[O-]. The van der Waals surface area contributed by atoms with Crippen LogP contribution in [-0.4, -0.2) is 4.92 Å². The molecule has 21 heavy (non-hydrogen) atoms. The zero-order valence-corrected chi connectivity index (χ0v) is 13.0. The molecule has 0 aliphatic rings. The van der Waals surface area contributed by atoms with Crippen LogP contribution in [0.1, 0.15) is 18.1 Å². The standard InChI is InChI=1S/C15H14BrFN2O2/c1-2-10-3-5-13(8-15(10)19(20)21)18-9-11-7-12(16)4-6-14(11)17/h3-8,18H,2,9H2,1H3. The molecule has 0 saturated carbocycles. The molecule has 2 rings (SSSR count). The van der Waals surface area contributed by atoms with Gasteiger partial charge in [-0.25, -0.2) is 4.39 Å². The predicted octanol–water partition coefficient (Wildman–Crippen LogP) is 4.67. The topological polar surface area (TPSA) is 55.2 Å². The molecule has 0 amide bonds. The molecule has 2 aromatic carbocycles. The summed E-state index contributed by atoms with van der Waals surface area (Å²) in [4.78, 5) is 10.6. The van der Waals surface area contributed by atoms with E-state index in [4.69, 9.17) is 0 Å². The minimum atomic E-state index is -0.399. The van der Waals surface area contributed by atoms with Crippen molar-refractivity contribution in [1.82, 2.24) is 0 Å². The first-order chi connectivity index (χ1) is 10.0. The van der Waals surface area contributed by atoms with E-state index in [0.29, 0.717) is 23.2 Å². The molecule has 0 unspecified atom stereocenters. The van der Waals surface area contributed by atoms with Gasteiger partial charge in [0.25, 0.3) is 5.69 Å². The summed E-state index contributed by atoms with van der Waals surface area (Å²) in [6.45, 7) is 2.13. The van der Waals surface area contributed by atoms with Crippen molar-refractivity contribution in [2.45, 2.75) is 19.9 Å². The van der Waals surface area contributed by atoms with Gasteiger partial charge in [-0.3, -0.25) is 10.1 Å². The van der Waals surface area contributed by atoms with Crippen molar-refractivity contribution in [3.63, 3.8) is 0 Å². The maximum absolute atomic E-state index is 13.6. The smallest absolute Gasteiger partial charge is 0.274 e. The maximum atomic E-state index is 13.6. The Kier molecular flexibility index (Phi) is 4.90. The van der Waals surface area contributed by atoms with Crippen LogP contribution >= 0.6 is 15.9 Å². The molecule has 0 bridgehead atoms. The van der Waals surface area contributed by atoms with Crippen LogP contribution in [0, 0.1) is 15.9 Å². The van der Waals surface area contributed by atoms with Crippen molar-refractivity contribution >= 4 is 27.3 Å². The van der Waals surface area contributed by atoms with Crippen LogP contribution in [0.2, 0.25) is 0 Å². The summed E-state index contributed by atoms with van der Waals surface area (Å²) in [5, 5.41) is 14.0. The fourth-order valence-corrected chi connectivity index (χ4v) is 2.43. The average Bonchev–Trinajstić information content (AvgIpc) is 2.47. The largest absolute Gasteiger partial charge is 0.381 e. The number of aryl methyl sites for hydroxylation is 1. The molecule has 0 fully saturated rings. The van der Waals surface area contributed by atoms with Crippen molar-refractivity contribution in [2.24, 2.45) is 0 Å². The lowest BCUT2D eigenvalue weighted by atomic mass is 10.1. The highest BCUT2D eigenvalue weighted by molar-refractivity contribution is 9.10. The summed E-state index contributed by atoms with van der Waals surface area (Å²) in [5.74, 6) is -0.314. The van der Waals surface area contributed by atoms with Gasteiger partial charge in [0.1, 0.15) is 5.82 Å². The van der Waals surface area contributed by atoms with Crippen LogP contribution in [0.4, 0.5) is 15.8 Å². The van der Waals surface area contributed by atoms with E-state index in [1.807, 2.05) is 6.92 Å². The third-order valence-corrected chi connectivity index (χ3v) is 3.65. The van der Waals surface area contributed by atoms with Gasteiger partial charge in [0, 0.05) is 33.9 Å². The summed E-state index contributed by atoms with van der Waals surface area (Å²) >= 11 is 3.29. The Balaban J connectivity index is 2.18. The van der Waals surface area contributed by atoms with E-state index in [1.54, 1.807) is 24.3 Å². The summed E-state index contributed by atoms with van der Waals surface area (Å²) in [6, 6.07) is 9.65. The molecular weight excluding hydrogens is 339 g/mol. The summed E-state index contributed by atoms with van der Waals surface area (Å²) in [6.07, 6.45) is 0.594. The minimum absolute atomic E-state index is 0.0808. The van der Waals surface area contributed by atoms with Crippen LogP contribution in [0.3, 0.4) is 0 Å². The van der Waals surface area contributed by atoms with E-state index >= 15 is 0 Å². The first kappa shape index (κ1) is 15.4. The van der Waals surface area contributed by atoms with E-state index in [9.17, 15) is 14.5 Å². The van der Waals surface area contributed by atoms with E-state index in [2.05, 4.69) is 21.2 Å². The Hall–Kier alpha value is -1.95. The first-order valence-electron chi connectivity index (χ1n) is 6.46. The molecule has 0 aliphatic carbocycles. The lowest BCUT2D eigenvalue weighted by molar-refractivity contribution is -0.385. The highest BCUT2D eigenvalue weighted by atomic mass is 79.9. The molecule has 0 heterocycles. The van der Waals surface area contributed by atoms with Crippen molar-refractivity contribution in [1.29, 1.82) is 0 Å². The molecule has 1 N–H and O–H groups in total. The van der Waals surface area contributed by atoms with Crippen LogP contribution in [0.5, 0.6) is 0 Å². The first-order valence-corrected chi connectivity index (χ1v) is 7.25. The molecule has 4 nitrogen and oxygen atoms in total. The second-order valence-corrected chi connectivity index (χ2v) is 5.46. The Morgan fingerprint density at radius 2 is 2.00 bits per heavy atom. The van der Waals surface area contributed by atoms with Gasteiger partial charge in [-0.05, 0) is 30.7 Å². The Morgan fingerprint density at radius 3 is 2.67 bits per heavy atom. The fourth-order valence-electron chi connectivity index (χ4n) is 2.02. The Labute approximate surface area is 130 Å².